The quantitative estimate of drug-likeness (QED) is 0.645. The van der Waals surface area contributed by atoms with Crippen molar-refractivity contribution in [2.24, 2.45) is 0 Å². The summed E-state index contributed by atoms with van der Waals surface area (Å²) in [6.45, 7) is 2.80. The van der Waals surface area contributed by atoms with E-state index in [1.54, 1.807) is 41.2 Å². The zero-order chi connectivity index (χ0) is 12.3. The predicted octanol–water partition coefficient (Wildman–Crippen LogP) is 2.11. The fourth-order valence-electron chi connectivity index (χ4n) is 1.74. The monoisotopic (exact) mass is 229 g/mol. The number of ketones is 1. The second-order valence-corrected chi connectivity index (χ2v) is 3.89. The van der Waals surface area contributed by atoms with E-state index >= 15 is 0 Å². The Morgan fingerprint density at radius 3 is 2.94 bits per heavy atom. The highest BCUT2D eigenvalue weighted by atomic mass is 16.1. The van der Waals surface area contributed by atoms with E-state index < -0.39 is 0 Å². The Hall–Kier alpha value is -2.10. The molecule has 0 amide bonds. The first-order chi connectivity index (χ1) is 8.22. The van der Waals surface area contributed by atoms with Gasteiger partial charge >= 0.3 is 0 Å². The molecular weight excluding hydrogens is 214 g/mol. The van der Waals surface area contributed by atoms with Gasteiger partial charge in [-0.15, -0.1) is 0 Å². The zero-order valence-corrected chi connectivity index (χ0v) is 9.76. The Kier molecular flexibility index (Phi) is 3.23. The van der Waals surface area contributed by atoms with Crippen molar-refractivity contribution in [3.05, 3.63) is 47.8 Å². The lowest BCUT2D eigenvalue weighted by atomic mass is 10.1. The van der Waals surface area contributed by atoms with Crippen LogP contribution in [0.15, 0.2) is 36.5 Å². The van der Waals surface area contributed by atoms with Gasteiger partial charge in [0.2, 0.25) is 5.78 Å². The van der Waals surface area contributed by atoms with Crippen molar-refractivity contribution < 1.29 is 4.79 Å². The number of nitrogens with two attached hydrogens (primary N) is 1. The lowest BCUT2D eigenvalue weighted by molar-refractivity contribution is 0.102. The van der Waals surface area contributed by atoms with Crippen LogP contribution in [0.4, 0.5) is 5.69 Å². The molecule has 2 N–H and O–H groups in total. The van der Waals surface area contributed by atoms with E-state index in [9.17, 15) is 4.79 Å². The number of hydrogen-bond donors (Lipinski definition) is 1. The largest absolute Gasteiger partial charge is 0.399 e. The van der Waals surface area contributed by atoms with Crippen molar-refractivity contribution in [3.8, 4) is 0 Å². The summed E-state index contributed by atoms with van der Waals surface area (Å²) in [7, 11) is 0. The van der Waals surface area contributed by atoms with Crippen molar-refractivity contribution >= 4 is 11.5 Å². The van der Waals surface area contributed by atoms with E-state index in [0.717, 1.165) is 13.0 Å². The van der Waals surface area contributed by atoms with Crippen LogP contribution >= 0.6 is 0 Å². The third-order valence-corrected chi connectivity index (χ3v) is 2.53. The van der Waals surface area contributed by atoms with Gasteiger partial charge in [-0.3, -0.25) is 9.48 Å². The fraction of sp³-hybridized carbons (Fsp3) is 0.231. The van der Waals surface area contributed by atoms with Gasteiger partial charge in [-0.1, -0.05) is 19.1 Å². The number of carbonyl (C=O) groups excluding carboxylic acids is 1. The van der Waals surface area contributed by atoms with E-state index in [-0.39, 0.29) is 5.78 Å². The molecule has 17 heavy (non-hydrogen) atoms. The summed E-state index contributed by atoms with van der Waals surface area (Å²) in [6.07, 6.45) is 2.59. The second kappa shape index (κ2) is 4.82. The summed E-state index contributed by atoms with van der Waals surface area (Å²) in [6, 6.07) is 8.73. The van der Waals surface area contributed by atoms with Crippen LogP contribution in [0.3, 0.4) is 0 Å². The molecule has 88 valence electrons. The lowest BCUT2D eigenvalue weighted by Crippen LogP contribution is -2.11. The molecule has 0 aliphatic rings. The van der Waals surface area contributed by atoms with Crippen molar-refractivity contribution in [2.45, 2.75) is 19.9 Å². The van der Waals surface area contributed by atoms with Crippen molar-refractivity contribution in [2.75, 3.05) is 5.73 Å². The van der Waals surface area contributed by atoms with Crippen LogP contribution < -0.4 is 5.73 Å². The van der Waals surface area contributed by atoms with E-state index in [4.69, 9.17) is 5.73 Å². The zero-order valence-electron chi connectivity index (χ0n) is 9.76. The molecule has 2 rings (SSSR count). The molecular formula is C13H15N3O. The highest BCUT2D eigenvalue weighted by Crippen LogP contribution is 2.12. The van der Waals surface area contributed by atoms with Crippen LogP contribution in [0.5, 0.6) is 0 Å². The third-order valence-electron chi connectivity index (χ3n) is 2.53. The number of hydrogen-bond acceptors (Lipinski definition) is 3. The van der Waals surface area contributed by atoms with Gasteiger partial charge in [0.15, 0.2) is 0 Å². The molecule has 4 heteroatoms. The number of nitrogen functional groups attached to an aromatic ring is 1. The minimum absolute atomic E-state index is 0.0387. The maximum Gasteiger partial charge on any atom is 0.211 e. The van der Waals surface area contributed by atoms with E-state index in [2.05, 4.69) is 12.0 Å². The summed E-state index contributed by atoms with van der Waals surface area (Å²) >= 11 is 0. The molecule has 1 aromatic carbocycles. The predicted molar refractivity (Wildman–Crippen MR) is 66.8 cm³/mol. The van der Waals surface area contributed by atoms with E-state index in [0.29, 0.717) is 16.9 Å². The Labute approximate surface area is 100 Å². The number of rotatable bonds is 4. The molecule has 0 spiro atoms. The molecule has 0 radical (unpaired) electrons. The van der Waals surface area contributed by atoms with Gasteiger partial charge in [-0.25, -0.2) is 0 Å². The molecule has 0 saturated heterocycles. The number of nitrogens with zero attached hydrogens (tertiary/aromatic N) is 2. The number of anilines is 1. The summed E-state index contributed by atoms with van der Waals surface area (Å²) in [5, 5.41) is 4.14. The first-order valence-electron chi connectivity index (χ1n) is 5.64. The smallest absolute Gasteiger partial charge is 0.211 e. The average molecular weight is 229 g/mol. The minimum Gasteiger partial charge on any atom is -0.399 e. The van der Waals surface area contributed by atoms with Gasteiger partial charge in [-0.05, 0) is 24.6 Å². The van der Waals surface area contributed by atoms with Crippen LogP contribution in [0.2, 0.25) is 0 Å². The highest BCUT2D eigenvalue weighted by molar-refractivity contribution is 6.08. The molecule has 0 bridgehead atoms. The molecule has 1 aromatic heterocycles. The van der Waals surface area contributed by atoms with Crippen LogP contribution in [0.25, 0.3) is 0 Å². The molecule has 0 atom stereocenters. The average Bonchev–Trinajstić information content (AvgIpc) is 2.77. The van der Waals surface area contributed by atoms with E-state index in [1.165, 1.54) is 0 Å². The first kappa shape index (κ1) is 11.4. The standard InChI is InChI=1S/C13H15N3O/c1-2-8-16-12(6-7-15-16)13(17)10-4-3-5-11(14)9-10/h3-7,9H,2,8,14H2,1H3. The van der Waals surface area contributed by atoms with Gasteiger partial charge in [-0.2, -0.15) is 5.10 Å². The SMILES string of the molecule is CCCn1nccc1C(=O)c1cccc(N)c1. The Balaban J connectivity index is 2.33. The van der Waals surface area contributed by atoms with Gasteiger partial charge < -0.3 is 5.73 Å². The number of aromatic nitrogens is 2. The Morgan fingerprint density at radius 1 is 1.41 bits per heavy atom. The number of benzene rings is 1. The Morgan fingerprint density at radius 2 is 2.24 bits per heavy atom. The first-order valence-corrected chi connectivity index (χ1v) is 5.64. The highest BCUT2D eigenvalue weighted by Gasteiger charge is 2.13. The van der Waals surface area contributed by atoms with Crippen LogP contribution in [-0.2, 0) is 6.54 Å². The van der Waals surface area contributed by atoms with Gasteiger partial charge in [0.05, 0.1) is 0 Å². The summed E-state index contributed by atoms with van der Waals surface area (Å²) in [5.74, 6) is -0.0387. The number of carbonyl (C=O) groups is 1. The molecule has 0 saturated carbocycles. The minimum atomic E-state index is -0.0387. The number of aryl methyl sites for hydroxylation is 1. The fourth-order valence-corrected chi connectivity index (χ4v) is 1.74. The summed E-state index contributed by atoms with van der Waals surface area (Å²) < 4.78 is 1.73. The Bertz CT molecular complexity index is 531. The van der Waals surface area contributed by atoms with Crippen LogP contribution in [-0.4, -0.2) is 15.6 Å². The van der Waals surface area contributed by atoms with Gasteiger partial charge in [0.1, 0.15) is 5.69 Å². The molecule has 0 fully saturated rings. The molecule has 1 heterocycles. The van der Waals surface area contributed by atoms with Crippen LogP contribution in [0.1, 0.15) is 29.4 Å². The maximum absolute atomic E-state index is 12.2. The van der Waals surface area contributed by atoms with Crippen LogP contribution in [0, 0.1) is 0 Å². The maximum atomic E-state index is 12.2. The molecule has 2 aromatic rings. The summed E-state index contributed by atoms with van der Waals surface area (Å²) in [4.78, 5) is 12.2. The second-order valence-electron chi connectivity index (χ2n) is 3.89. The van der Waals surface area contributed by atoms with Crippen molar-refractivity contribution in [1.29, 1.82) is 0 Å². The normalized spacial score (nSPS) is 10.4. The molecule has 0 aliphatic heterocycles. The molecule has 4 nitrogen and oxygen atoms in total. The van der Waals surface area contributed by atoms with Crippen molar-refractivity contribution in [1.82, 2.24) is 9.78 Å². The topological polar surface area (TPSA) is 60.9 Å². The van der Waals surface area contributed by atoms with E-state index in [1.807, 2.05) is 0 Å². The molecule has 0 unspecified atom stereocenters. The third kappa shape index (κ3) is 2.36. The van der Waals surface area contributed by atoms with Gasteiger partial charge in [0, 0.05) is 24.0 Å². The lowest BCUT2D eigenvalue weighted by Gasteiger charge is -2.05. The molecule has 0 aliphatic carbocycles. The van der Waals surface area contributed by atoms with Crippen molar-refractivity contribution in [3.63, 3.8) is 0 Å². The summed E-state index contributed by atoms with van der Waals surface area (Å²) in [5.41, 5.74) is 7.48. The van der Waals surface area contributed by atoms with Gasteiger partial charge in [0.25, 0.3) is 0 Å².